The molecule has 0 aromatic heterocycles. The van der Waals surface area contributed by atoms with Crippen LogP contribution < -0.4 is 0 Å². The number of rotatable bonds is 3. The fourth-order valence-electron chi connectivity index (χ4n) is 2.44. The van der Waals surface area contributed by atoms with Crippen molar-refractivity contribution < 1.29 is 9.59 Å². The van der Waals surface area contributed by atoms with E-state index in [2.05, 4.69) is 22.6 Å². The maximum atomic E-state index is 12.5. The summed E-state index contributed by atoms with van der Waals surface area (Å²) < 4.78 is 0.928. The Hall–Kier alpha value is -0.620. The molecule has 1 unspecified atom stereocenters. The Morgan fingerprint density at radius 1 is 1.47 bits per heavy atom. The minimum atomic E-state index is -0.0259. The molecule has 0 aliphatic carbocycles. The van der Waals surface area contributed by atoms with E-state index < -0.39 is 0 Å². The van der Waals surface area contributed by atoms with Crippen molar-refractivity contribution in [3.8, 4) is 0 Å². The number of halogens is 2. The average molecular weight is 392 g/mol. The predicted molar refractivity (Wildman–Crippen MR) is 83.5 cm³/mol. The molecule has 1 atom stereocenters. The molecule has 19 heavy (non-hydrogen) atoms. The van der Waals surface area contributed by atoms with E-state index in [1.54, 1.807) is 24.0 Å². The van der Waals surface area contributed by atoms with Gasteiger partial charge in [-0.25, -0.2) is 0 Å². The van der Waals surface area contributed by atoms with E-state index in [1.165, 1.54) is 0 Å². The van der Waals surface area contributed by atoms with Crippen molar-refractivity contribution in [1.29, 1.82) is 0 Å². The van der Waals surface area contributed by atoms with E-state index in [1.807, 2.05) is 6.07 Å². The molecule has 102 valence electrons. The summed E-state index contributed by atoms with van der Waals surface area (Å²) in [7, 11) is 0. The smallest absolute Gasteiger partial charge is 0.254 e. The van der Waals surface area contributed by atoms with Crippen molar-refractivity contribution >= 4 is 45.9 Å². The highest BCUT2D eigenvalue weighted by Gasteiger charge is 2.30. The summed E-state index contributed by atoms with van der Waals surface area (Å²) in [5.41, 5.74) is 0.598. The molecule has 0 bridgehead atoms. The lowest BCUT2D eigenvalue weighted by atomic mass is 10.1. The number of hydrogen-bond donors (Lipinski definition) is 0. The van der Waals surface area contributed by atoms with Gasteiger partial charge in [0.15, 0.2) is 0 Å². The number of likely N-dealkylation sites (tertiary alicyclic amines) is 1. The summed E-state index contributed by atoms with van der Waals surface area (Å²) in [6, 6.07) is 5.38. The van der Waals surface area contributed by atoms with Crippen LogP contribution in [0.1, 0.15) is 36.5 Å². The molecule has 1 amide bonds. The molecule has 1 saturated heterocycles. The molecule has 1 aromatic rings. The fraction of sp³-hybridized carbons (Fsp3) is 0.429. The summed E-state index contributed by atoms with van der Waals surface area (Å²) in [4.78, 5) is 25.5. The van der Waals surface area contributed by atoms with Gasteiger partial charge in [-0.2, -0.15) is 0 Å². The van der Waals surface area contributed by atoms with Gasteiger partial charge in [-0.05, 0) is 60.6 Å². The van der Waals surface area contributed by atoms with Crippen LogP contribution in [-0.4, -0.2) is 29.2 Å². The first-order valence-corrected chi connectivity index (χ1v) is 7.70. The molecular formula is C14H15ClINO2. The first-order valence-electron chi connectivity index (χ1n) is 6.24. The number of carbonyl (C=O) groups is 2. The van der Waals surface area contributed by atoms with Crippen molar-refractivity contribution in [1.82, 2.24) is 4.90 Å². The second-order valence-electron chi connectivity index (χ2n) is 4.83. The monoisotopic (exact) mass is 391 g/mol. The van der Waals surface area contributed by atoms with Crippen LogP contribution in [0.5, 0.6) is 0 Å². The van der Waals surface area contributed by atoms with E-state index in [4.69, 9.17) is 11.6 Å². The van der Waals surface area contributed by atoms with Gasteiger partial charge in [-0.1, -0.05) is 11.6 Å². The molecule has 0 radical (unpaired) electrons. The molecule has 1 heterocycles. The van der Waals surface area contributed by atoms with Gasteiger partial charge < -0.3 is 4.90 Å². The van der Waals surface area contributed by atoms with Crippen LogP contribution in [0.15, 0.2) is 18.2 Å². The van der Waals surface area contributed by atoms with Crippen molar-refractivity contribution in [2.75, 3.05) is 6.54 Å². The van der Waals surface area contributed by atoms with Crippen molar-refractivity contribution in [2.24, 2.45) is 0 Å². The standard InChI is InChI=1S/C14H15ClINO2/c1-9(18)7-11-3-2-6-17(11)14(19)10-4-5-13(16)12(15)8-10/h4-5,8,11H,2-3,6-7H2,1H3. The minimum absolute atomic E-state index is 0.0259. The second kappa shape index (κ2) is 6.22. The number of amides is 1. The first-order chi connectivity index (χ1) is 8.99. The Balaban J connectivity index is 2.18. The SMILES string of the molecule is CC(=O)CC1CCCN1C(=O)c1ccc(I)c(Cl)c1. The zero-order valence-electron chi connectivity index (χ0n) is 10.7. The molecule has 0 spiro atoms. The Bertz CT molecular complexity index is 518. The van der Waals surface area contributed by atoms with Gasteiger partial charge in [0.2, 0.25) is 0 Å². The topological polar surface area (TPSA) is 37.4 Å². The molecule has 1 aliphatic rings. The van der Waals surface area contributed by atoms with E-state index >= 15 is 0 Å². The molecular weight excluding hydrogens is 377 g/mol. The highest BCUT2D eigenvalue weighted by atomic mass is 127. The van der Waals surface area contributed by atoms with E-state index in [0.717, 1.165) is 23.0 Å². The summed E-state index contributed by atoms with van der Waals surface area (Å²) in [6.07, 6.45) is 2.31. The Kier molecular flexibility index (Phi) is 4.84. The summed E-state index contributed by atoms with van der Waals surface area (Å²) in [6.45, 7) is 2.29. The Labute approximate surface area is 131 Å². The zero-order valence-corrected chi connectivity index (χ0v) is 13.6. The largest absolute Gasteiger partial charge is 0.335 e. The van der Waals surface area contributed by atoms with Gasteiger partial charge in [0, 0.05) is 28.1 Å². The van der Waals surface area contributed by atoms with Gasteiger partial charge in [-0.15, -0.1) is 0 Å². The lowest BCUT2D eigenvalue weighted by molar-refractivity contribution is -0.117. The second-order valence-corrected chi connectivity index (χ2v) is 6.40. The predicted octanol–water partition coefficient (Wildman–Crippen LogP) is 3.53. The van der Waals surface area contributed by atoms with Crippen LogP contribution in [-0.2, 0) is 4.79 Å². The van der Waals surface area contributed by atoms with Gasteiger partial charge in [0.05, 0.1) is 5.02 Å². The molecule has 2 rings (SSSR count). The van der Waals surface area contributed by atoms with Crippen molar-refractivity contribution in [2.45, 2.75) is 32.2 Å². The Morgan fingerprint density at radius 3 is 2.84 bits per heavy atom. The third-order valence-corrected chi connectivity index (χ3v) is 4.90. The molecule has 3 nitrogen and oxygen atoms in total. The van der Waals surface area contributed by atoms with Crippen LogP contribution >= 0.6 is 34.2 Å². The quantitative estimate of drug-likeness (QED) is 0.739. The maximum Gasteiger partial charge on any atom is 0.254 e. The van der Waals surface area contributed by atoms with Crippen LogP contribution in [0.3, 0.4) is 0 Å². The van der Waals surface area contributed by atoms with Crippen LogP contribution in [0.25, 0.3) is 0 Å². The van der Waals surface area contributed by atoms with E-state index in [-0.39, 0.29) is 17.7 Å². The van der Waals surface area contributed by atoms with Crippen molar-refractivity contribution in [3.05, 3.63) is 32.4 Å². The number of ketones is 1. The fourth-order valence-corrected chi connectivity index (χ4v) is 2.96. The first kappa shape index (κ1) is 14.8. The summed E-state index contributed by atoms with van der Waals surface area (Å²) >= 11 is 8.18. The highest BCUT2D eigenvalue weighted by molar-refractivity contribution is 14.1. The minimum Gasteiger partial charge on any atom is -0.335 e. The number of Topliss-reactive ketones (excluding diaryl/α,β-unsaturated/α-hetero) is 1. The molecule has 1 fully saturated rings. The van der Waals surface area contributed by atoms with Crippen molar-refractivity contribution in [3.63, 3.8) is 0 Å². The molecule has 1 aliphatic heterocycles. The summed E-state index contributed by atoms with van der Waals surface area (Å²) in [5, 5.41) is 0.591. The number of nitrogens with zero attached hydrogens (tertiary/aromatic N) is 1. The molecule has 0 saturated carbocycles. The van der Waals surface area contributed by atoms with E-state index in [0.29, 0.717) is 17.0 Å². The lowest BCUT2D eigenvalue weighted by Gasteiger charge is -2.24. The number of hydrogen-bond acceptors (Lipinski definition) is 2. The van der Waals surface area contributed by atoms with Crippen LogP contribution in [0.4, 0.5) is 0 Å². The van der Waals surface area contributed by atoms with E-state index in [9.17, 15) is 9.59 Å². The van der Waals surface area contributed by atoms with Crippen LogP contribution in [0, 0.1) is 3.57 Å². The molecule has 5 heteroatoms. The molecule has 0 N–H and O–H groups in total. The lowest BCUT2D eigenvalue weighted by Crippen LogP contribution is -2.36. The third-order valence-electron chi connectivity index (χ3n) is 3.33. The summed E-state index contributed by atoms with van der Waals surface area (Å²) in [5.74, 6) is 0.104. The normalized spacial score (nSPS) is 18.7. The number of carbonyl (C=O) groups excluding carboxylic acids is 2. The van der Waals surface area contributed by atoms with Gasteiger partial charge in [-0.3, -0.25) is 9.59 Å². The average Bonchev–Trinajstić information content (AvgIpc) is 2.79. The third kappa shape index (κ3) is 3.48. The van der Waals surface area contributed by atoms with Gasteiger partial charge in [0.1, 0.15) is 5.78 Å². The van der Waals surface area contributed by atoms with Crippen LogP contribution in [0.2, 0.25) is 5.02 Å². The van der Waals surface area contributed by atoms with Gasteiger partial charge in [0.25, 0.3) is 5.91 Å². The maximum absolute atomic E-state index is 12.5. The Morgan fingerprint density at radius 2 is 2.21 bits per heavy atom. The highest BCUT2D eigenvalue weighted by Crippen LogP contribution is 2.25. The van der Waals surface area contributed by atoms with Gasteiger partial charge >= 0.3 is 0 Å². The number of benzene rings is 1. The zero-order chi connectivity index (χ0) is 14.0. The molecule has 1 aromatic carbocycles.